The van der Waals surface area contributed by atoms with Crippen molar-refractivity contribution in [1.29, 1.82) is 0 Å². The molecule has 1 N–H and O–H groups in total. The van der Waals surface area contributed by atoms with Crippen molar-refractivity contribution in [2.45, 2.75) is 32.6 Å². The molecule has 0 atom stereocenters. The van der Waals surface area contributed by atoms with Gasteiger partial charge in [-0.1, -0.05) is 0 Å². The number of carbonyl (C=O) groups excluding carboxylic acids is 2. The number of carbonyl (C=O) groups is 2. The van der Waals surface area contributed by atoms with Gasteiger partial charge < -0.3 is 14.8 Å². The first kappa shape index (κ1) is 19.8. The molecule has 1 aliphatic rings. The van der Waals surface area contributed by atoms with Gasteiger partial charge in [0, 0.05) is 11.6 Å². The lowest BCUT2D eigenvalue weighted by molar-refractivity contribution is -0.385. The number of amides is 1. The molecule has 1 fully saturated rings. The second-order valence-electron chi connectivity index (χ2n) is 6.22. The number of hydrogen-bond acceptors (Lipinski definition) is 7. The molecule has 0 bridgehead atoms. The molecule has 148 valence electrons. The summed E-state index contributed by atoms with van der Waals surface area (Å²) in [6, 6.07) is 4.01. The van der Waals surface area contributed by atoms with Crippen molar-refractivity contribution in [2.75, 3.05) is 18.5 Å². The fraction of sp³-hybridized carbons (Fsp3) is 0.368. The topological polar surface area (TPSA) is 108 Å². The number of nitro groups is 1. The van der Waals surface area contributed by atoms with Crippen molar-refractivity contribution in [1.82, 2.24) is 0 Å². The molecule has 1 aliphatic carbocycles. The first-order valence-electron chi connectivity index (χ1n) is 8.97. The van der Waals surface area contributed by atoms with E-state index < -0.39 is 16.8 Å². The van der Waals surface area contributed by atoms with Crippen LogP contribution in [-0.4, -0.2) is 30.0 Å². The average molecular weight is 404 g/mol. The number of hydrogen-bond donors (Lipinski definition) is 1. The second-order valence-corrected chi connectivity index (χ2v) is 7.10. The monoisotopic (exact) mass is 404 g/mol. The van der Waals surface area contributed by atoms with Gasteiger partial charge >= 0.3 is 11.7 Å². The minimum Gasteiger partial charge on any atom is -0.487 e. The zero-order valence-corrected chi connectivity index (χ0v) is 16.3. The van der Waals surface area contributed by atoms with Gasteiger partial charge in [0.25, 0.3) is 5.91 Å². The normalized spacial score (nSPS) is 13.1. The molecule has 9 heteroatoms. The first-order chi connectivity index (χ1) is 13.5. The lowest BCUT2D eigenvalue weighted by Crippen LogP contribution is -2.15. The highest BCUT2D eigenvalue weighted by Gasteiger charge is 2.32. The van der Waals surface area contributed by atoms with Crippen molar-refractivity contribution in [3.63, 3.8) is 0 Å². The van der Waals surface area contributed by atoms with Crippen LogP contribution in [0.15, 0.2) is 23.6 Å². The van der Waals surface area contributed by atoms with Crippen LogP contribution >= 0.6 is 11.3 Å². The Balaban J connectivity index is 1.88. The molecule has 0 unspecified atom stereocenters. The predicted molar refractivity (Wildman–Crippen MR) is 104 cm³/mol. The molecule has 2 aromatic rings. The van der Waals surface area contributed by atoms with Crippen molar-refractivity contribution < 1.29 is 24.0 Å². The maximum atomic E-state index is 12.7. The fourth-order valence-electron chi connectivity index (χ4n) is 2.83. The van der Waals surface area contributed by atoms with Crippen molar-refractivity contribution >= 4 is 33.9 Å². The smallest absolute Gasteiger partial charge is 0.341 e. The third-order valence-electron chi connectivity index (χ3n) is 4.26. The lowest BCUT2D eigenvalue weighted by Gasteiger charge is -2.09. The Labute approximate surface area is 165 Å². The zero-order chi connectivity index (χ0) is 20.3. The van der Waals surface area contributed by atoms with E-state index in [1.807, 2.05) is 5.38 Å². The quantitative estimate of drug-likeness (QED) is 0.398. The summed E-state index contributed by atoms with van der Waals surface area (Å²) >= 11 is 1.25. The number of thiophene rings is 1. The Morgan fingerprint density at radius 3 is 2.64 bits per heavy atom. The molecule has 1 heterocycles. The maximum absolute atomic E-state index is 12.7. The van der Waals surface area contributed by atoms with Crippen LogP contribution in [0.4, 0.5) is 10.7 Å². The molecule has 1 aromatic heterocycles. The summed E-state index contributed by atoms with van der Waals surface area (Å²) in [6.07, 6.45) is 2.00. The zero-order valence-electron chi connectivity index (χ0n) is 15.5. The number of rotatable bonds is 8. The van der Waals surface area contributed by atoms with Crippen LogP contribution in [0.5, 0.6) is 5.75 Å². The number of ether oxygens (including phenoxy) is 2. The molecular formula is C19H20N2O6S. The van der Waals surface area contributed by atoms with Crippen molar-refractivity contribution in [3.05, 3.63) is 50.4 Å². The van der Waals surface area contributed by atoms with E-state index in [9.17, 15) is 19.7 Å². The van der Waals surface area contributed by atoms with Crippen LogP contribution in [0.3, 0.4) is 0 Å². The molecule has 1 saturated carbocycles. The second kappa shape index (κ2) is 8.39. The van der Waals surface area contributed by atoms with Gasteiger partial charge in [-0.2, -0.15) is 0 Å². The summed E-state index contributed by atoms with van der Waals surface area (Å²) in [5.41, 5.74) is 1.08. The number of nitrogens with zero attached hydrogens (tertiary/aromatic N) is 1. The number of anilines is 1. The molecule has 1 aromatic carbocycles. The minimum atomic E-state index is -0.595. The minimum absolute atomic E-state index is 0.100. The van der Waals surface area contributed by atoms with E-state index in [-0.39, 0.29) is 30.2 Å². The van der Waals surface area contributed by atoms with E-state index >= 15 is 0 Å². The van der Waals surface area contributed by atoms with E-state index in [1.54, 1.807) is 13.8 Å². The van der Waals surface area contributed by atoms with Crippen molar-refractivity contribution in [3.8, 4) is 5.75 Å². The van der Waals surface area contributed by atoms with E-state index in [4.69, 9.17) is 9.47 Å². The van der Waals surface area contributed by atoms with Gasteiger partial charge in [-0.05, 0) is 55.7 Å². The van der Waals surface area contributed by atoms with Gasteiger partial charge in [-0.25, -0.2) is 4.79 Å². The summed E-state index contributed by atoms with van der Waals surface area (Å²) in [5, 5.41) is 16.2. The largest absolute Gasteiger partial charge is 0.487 e. The van der Waals surface area contributed by atoms with Crippen LogP contribution in [0.1, 0.15) is 58.9 Å². The Kier molecular flexibility index (Phi) is 5.93. The molecule has 3 rings (SSSR count). The van der Waals surface area contributed by atoms with Crippen LogP contribution in [0.2, 0.25) is 0 Å². The molecule has 0 spiro atoms. The third-order valence-corrected chi connectivity index (χ3v) is 5.17. The van der Waals surface area contributed by atoms with Gasteiger partial charge in [0.15, 0.2) is 5.75 Å². The number of nitrogens with one attached hydrogen (secondary N) is 1. The van der Waals surface area contributed by atoms with E-state index in [0.717, 1.165) is 18.4 Å². The van der Waals surface area contributed by atoms with Crippen LogP contribution < -0.4 is 10.1 Å². The van der Waals surface area contributed by atoms with E-state index in [0.29, 0.717) is 16.5 Å². The molecule has 0 aliphatic heterocycles. The predicted octanol–water partition coefficient (Wildman–Crippen LogP) is 4.36. The SMILES string of the molecule is CCOC(=O)c1c(C2CC2)csc1NC(=O)c1ccc(OCC)c([N+](=O)[O-])c1. The molecular weight excluding hydrogens is 384 g/mol. The molecule has 0 saturated heterocycles. The molecule has 0 radical (unpaired) electrons. The van der Waals surface area contributed by atoms with E-state index in [2.05, 4.69) is 5.32 Å². The van der Waals surface area contributed by atoms with Gasteiger partial charge in [-0.3, -0.25) is 14.9 Å². The fourth-order valence-corrected chi connectivity index (χ4v) is 3.85. The number of esters is 1. The Morgan fingerprint density at radius 2 is 2.04 bits per heavy atom. The van der Waals surface area contributed by atoms with Gasteiger partial charge in [0.05, 0.1) is 23.7 Å². The number of benzene rings is 1. The summed E-state index contributed by atoms with van der Waals surface area (Å²) < 4.78 is 10.4. The van der Waals surface area contributed by atoms with Crippen LogP contribution in [0.25, 0.3) is 0 Å². The van der Waals surface area contributed by atoms with E-state index in [1.165, 1.54) is 29.5 Å². The maximum Gasteiger partial charge on any atom is 0.341 e. The summed E-state index contributed by atoms with van der Waals surface area (Å²) in [6.45, 7) is 3.94. The molecule has 8 nitrogen and oxygen atoms in total. The highest BCUT2D eigenvalue weighted by Crippen LogP contribution is 2.46. The Bertz CT molecular complexity index is 919. The summed E-state index contributed by atoms with van der Waals surface area (Å²) in [7, 11) is 0. The van der Waals surface area contributed by atoms with Crippen LogP contribution in [0, 0.1) is 10.1 Å². The van der Waals surface area contributed by atoms with Crippen LogP contribution in [-0.2, 0) is 4.74 Å². The summed E-state index contributed by atoms with van der Waals surface area (Å²) in [4.78, 5) is 35.7. The molecule has 1 amide bonds. The lowest BCUT2D eigenvalue weighted by atomic mass is 10.1. The highest BCUT2D eigenvalue weighted by molar-refractivity contribution is 7.15. The Hall–Kier alpha value is -2.94. The van der Waals surface area contributed by atoms with Crippen molar-refractivity contribution in [2.24, 2.45) is 0 Å². The highest BCUT2D eigenvalue weighted by atomic mass is 32.1. The standard InChI is InChI=1S/C19H20N2O6S/c1-3-26-15-8-7-12(9-14(15)21(24)25)17(22)20-18-16(19(23)27-4-2)13(10-28-18)11-5-6-11/h7-11H,3-6H2,1-2H3,(H,20,22). The average Bonchev–Trinajstić information content (AvgIpc) is 3.42. The molecule has 28 heavy (non-hydrogen) atoms. The number of nitro benzene ring substituents is 1. The van der Waals surface area contributed by atoms with Gasteiger partial charge in [-0.15, -0.1) is 11.3 Å². The first-order valence-corrected chi connectivity index (χ1v) is 9.85. The van der Waals surface area contributed by atoms with Gasteiger partial charge in [0.1, 0.15) is 5.00 Å². The Morgan fingerprint density at radius 1 is 1.29 bits per heavy atom. The van der Waals surface area contributed by atoms with Gasteiger partial charge in [0.2, 0.25) is 0 Å². The summed E-state index contributed by atoms with van der Waals surface area (Å²) in [5.74, 6) is -0.601. The third kappa shape index (κ3) is 4.14.